The van der Waals surface area contributed by atoms with E-state index < -0.39 is 8.32 Å². The average Bonchev–Trinajstić information content (AvgIpc) is 3.66. The zero-order valence-corrected chi connectivity index (χ0v) is 24.7. The Morgan fingerprint density at radius 2 is 1.68 bits per heavy atom. The second-order valence-corrected chi connectivity index (χ2v) is 16.0. The molecule has 0 spiro atoms. The molecule has 0 aliphatic carbocycles. The fourth-order valence-corrected chi connectivity index (χ4v) is 10.8. The molecule has 2 fully saturated rings. The van der Waals surface area contributed by atoms with Gasteiger partial charge in [-0.05, 0) is 28.8 Å². The van der Waals surface area contributed by atoms with Gasteiger partial charge in [-0.15, -0.1) is 0 Å². The first-order valence-corrected chi connectivity index (χ1v) is 15.9. The van der Waals surface area contributed by atoms with Crippen molar-refractivity contribution >= 4 is 41.5 Å². The Balaban J connectivity index is 1.34. The molecule has 0 N–H and O–H groups in total. The van der Waals surface area contributed by atoms with Gasteiger partial charge in [0.2, 0.25) is 0 Å². The van der Waals surface area contributed by atoms with Gasteiger partial charge in [-0.25, -0.2) is 19.9 Å². The highest BCUT2D eigenvalue weighted by Gasteiger charge is 2.53. The number of nitrogens with zero attached hydrogens (tertiary/aromatic N) is 6. The van der Waals surface area contributed by atoms with E-state index in [2.05, 4.69) is 115 Å². The monoisotopic (exact) mass is 553 g/mol. The summed E-state index contributed by atoms with van der Waals surface area (Å²) >= 11 is 0. The van der Waals surface area contributed by atoms with Crippen LogP contribution in [-0.4, -0.2) is 64.4 Å². The number of amidine groups is 1. The molecule has 3 atom stereocenters. The standard InChI is InChI=1S/C31H37N6O2Si/c1-22-25(39-40(31(2,3)4,23-13-8-6-9-14-23)24-15-10-7-11-16-24)19-27(38-22)37-21-34-28-29(32-20-33-30(28)37)35-26-17-12-18-36(26)5/h6-11,13-16,20-22,25,27H,1,12,17-19H2,2-5H3/b35-26+/t22-,25+,27-/m1/s1. The average molecular weight is 554 g/mol. The van der Waals surface area contributed by atoms with E-state index in [4.69, 9.17) is 14.2 Å². The predicted molar refractivity (Wildman–Crippen MR) is 161 cm³/mol. The van der Waals surface area contributed by atoms with E-state index in [1.165, 1.54) is 10.4 Å². The van der Waals surface area contributed by atoms with Crippen LogP contribution < -0.4 is 10.4 Å². The summed E-state index contributed by atoms with van der Waals surface area (Å²) in [5.74, 6) is 1.63. The number of fused-ring (bicyclic) bond motifs is 1. The zero-order valence-electron chi connectivity index (χ0n) is 23.7. The Morgan fingerprint density at radius 1 is 1.00 bits per heavy atom. The minimum atomic E-state index is -2.75. The fraction of sp³-hybridized carbons (Fsp3) is 0.387. The van der Waals surface area contributed by atoms with Crippen molar-refractivity contribution in [1.29, 1.82) is 0 Å². The lowest BCUT2D eigenvalue weighted by Crippen LogP contribution is -2.68. The number of benzene rings is 2. The number of hydrogen-bond donors (Lipinski definition) is 0. The van der Waals surface area contributed by atoms with Crippen molar-refractivity contribution in [2.45, 2.75) is 63.5 Å². The van der Waals surface area contributed by atoms with Crippen LogP contribution in [0.4, 0.5) is 5.82 Å². The van der Waals surface area contributed by atoms with Crippen LogP contribution in [-0.2, 0) is 9.16 Å². The van der Waals surface area contributed by atoms with Crippen LogP contribution in [0.15, 0.2) is 78.3 Å². The van der Waals surface area contributed by atoms with Crippen molar-refractivity contribution in [3.63, 3.8) is 0 Å². The molecule has 2 aromatic heterocycles. The highest BCUT2D eigenvalue weighted by Crippen LogP contribution is 2.41. The number of ether oxygens (including phenoxy) is 1. The molecule has 0 amide bonds. The highest BCUT2D eigenvalue weighted by molar-refractivity contribution is 6.99. The first-order chi connectivity index (χ1) is 19.3. The molecule has 9 heteroatoms. The van der Waals surface area contributed by atoms with Crippen LogP contribution in [0.3, 0.4) is 0 Å². The van der Waals surface area contributed by atoms with Crippen molar-refractivity contribution in [3.8, 4) is 0 Å². The van der Waals surface area contributed by atoms with Gasteiger partial charge >= 0.3 is 0 Å². The van der Waals surface area contributed by atoms with Crippen molar-refractivity contribution in [3.05, 3.63) is 80.2 Å². The molecule has 0 unspecified atom stereocenters. The van der Waals surface area contributed by atoms with Crippen molar-refractivity contribution in [1.82, 2.24) is 24.4 Å². The lowest BCUT2D eigenvalue weighted by atomic mass is 10.2. The number of likely N-dealkylation sites (tertiary alicyclic amines) is 1. The maximum Gasteiger partial charge on any atom is 0.261 e. The summed E-state index contributed by atoms with van der Waals surface area (Å²) in [5, 5.41) is 2.35. The first kappa shape index (κ1) is 26.8. The predicted octanol–water partition coefficient (Wildman–Crippen LogP) is 4.65. The molecular weight excluding hydrogens is 516 g/mol. The molecule has 2 aromatic carbocycles. The van der Waals surface area contributed by atoms with Crippen LogP contribution >= 0.6 is 0 Å². The van der Waals surface area contributed by atoms with Gasteiger partial charge < -0.3 is 14.1 Å². The smallest absolute Gasteiger partial charge is 0.261 e. The van der Waals surface area contributed by atoms with Crippen LogP contribution in [0.1, 0.15) is 46.3 Å². The lowest BCUT2D eigenvalue weighted by molar-refractivity contribution is 0.00978. The quantitative estimate of drug-likeness (QED) is 0.324. The maximum atomic E-state index is 7.37. The molecule has 6 rings (SSSR count). The number of aromatic nitrogens is 4. The van der Waals surface area contributed by atoms with Crippen molar-refractivity contribution in [2.24, 2.45) is 4.99 Å². The molecule has 4 heterocycles. The Bertz CT molecular complexity index is 1460. The first-order valence-electron chi connectivity index (χ1n) is 14.0. The Labute approximate surface area is 237 Å². The lowest BCUT2D eigenvalue weighted by Gasteiger charge is -2.45. The van der Waals surface area contributed by atoms with Gasteiger partial charge in [0.05, 0.1) is 18.5 Å². The third-order valence-corrected chi connectivity index (χ3v) is 13.2. The Kier molecular flexibility index (Phi) is 7.06. The number of hydrogen-bond acceptors (Lipinski definition) is 6. The second-order valence-electron chi connectivity index (χ2n) is 11.8. The number of rotatable bonds is 6. The molecular formula is C31H37N6O2Si. The van der Waals surface area contributed by atoms with Gasteiger partial charge in [-0.1, -0.05) is 81.4 Å². The summed E-state index contributed by atoms with van der Waals surface area (Å²) in [7, 11) is -0.689. The largest absolute Gasteiger partial charge is 0.402 e. The molecule has 2 aliphatic heterocycles. The van der Waals surface area contributed by atoms with E-state index in [-0.39, 0.29) is 23.5 Å². The summed E-state index contributed by atoms with van der Waals surface area (Å²) in [6.45, 7) is 12.3. The van der Waals surface area contributed by atoms with Gasteiger partial charge in [0.1, 0.15) is 18.4 Å². The fourth-order valence-electron chi connectivity index (χ4n) is 6.11. The molecule has 8 nitrogen and oxygen atoms in total. The summed E-state index contributed by atoms with van der Waals surface area (Å²) in [5.41, 5.74) is 1.38. The van der Waals surface area contributed by atoms with E-state index in [9.17, 15) is 0 Å². The van der Waals surface area contributed by atoms with Crippen LogP contribution in [0.5, 0.6) is 0 Å². The van der Waals surface area contributed by atoms with E-state index in [1.54, 1.807) is 12.7 Å². The highest BCUT2D eigenvalue weighted by atomic mass is 28.4. The Morgan fingerprint density at radius 3 is 2.27 bits per heavy atom. The zero-order chi connectivity index (χ0) is 27.9. The summed E-state index contributed by atoms with van der Waals surface area (Å²) in [6, 6.07) is 21.4. The Hall–Kier alpha value is -3.40. The minimum absolute atomic E-state index is 0.135. The van der Waals surface area contributed by atoms with E-state index in [0.29, 0.717) is 23.4 Å². The van der Waals surface area contributed by atoms with Crippen LogP contribution in [0.25, 0.3) is 11.2 Å². The number of imidazole rings is 1. The van der Waals surface area contributed by atoms with Crippen molar-refractivity contribution in [2.75, 3.05) is 13.6 Å². The van der Waals surface area contributed by atoms with Crippen molar-refractivity contribution < 1.29 is 9.16 Å². The molecule has 207 valence electrons. The maximum absolute atomic E-state index is 7.37. The third-order valence-electron chi connectivity index (χ3n) is 8.14. The second kappa shape index (κ2) is 10.5. The molecule has 2 saturated heterocycles. The third kappa shape index (κ3) is 4.65. The van der Waals surface area contributed by atoms with Gasteiger partial charge in [0, 0.05) is 26.4 Å². The number of aliphatic imine (C=N–C) groups is 1. The van der Waals surface area contributed by atoms with E-state index in [1.807, 2.05) is 4.57 Å². The molecule has 0 saturated carbocycles. The van der Waals surface area contributed by atoms with Crippen LogP contribution in [0.2, 0.25) is 5.04 Å². The topological polar surface area (TPSA) is 77.7 Å². The summed E-state index contributed by atoms with van der Waals surface area (Å²) < 4.78 is 15.8. The molecule has 2 aliphatic rings. The van der Waals surface area contributed by atoms with E-state index in [0.717, 1.165) is 25.2 Å². The SMILES string of the molecule is [CH2][C@H]1O[C@@H](n2cnc3c(/N=C4\CCCN4C)ncnc32)C[C@@H]1O[Si](c1ccccc1)(c1ccccc1)C(C)(C)C. The minimum Gasteiger partial charge on any atom is -0.402 e. The van der Waals surface area contributed by atoms with Crippen LogP contribution in [0, 0.1) is 6.92 Å². The molecule has 0 bridgehead atoms. The van der Waals surface area contributed by atoms with E-state index >= 15 is 0 Å². The normalized spacial score (nSPS) is 23.0. The van der Waals surface area contributed by atoms with Gasteiger partial charge in [0.15, 0.2) is 17.0 Å². The molecule has 1 radical (unpaired) electrons. The molecule has 40 heavy (non-hydrogen) atoms. The molecule has 4 aromatic rings. The van der Waals surface area contributed by atoms with Gasteiger partial charge in [-0.2, -0.15) is 0 Å². The summed E-state index contributed by atoms with van der Waals surface area (Å²) in [6.07, 6.45) is 5.16. The van der Waals surface area contributed by atoms with Gasteiger partial charge in [0.25, 0.3) is 8.32 Å². The summed E-state index contributed by atoms with van der Waals surface area (Å²) in [4.78, 5) is 20.7. The van der Waals surface area contributed by atoms with Gasteiger partial charge in [-0.3, -0.25) is 4.57 Å².